The number of rotatable bonds is 3. The van der Waals surface area contributed by atoms with Crippen molar-refractivity contribution in [1.29, 1.82) is 0 Å². The average molecular weight is 337 g/mol. The lowest BCUT2D eigenvalue weighted by molar-refractivity contribution is 0.171. The first-order valence-corrected chi connectivity index (χ1v) is 7.72. The molecule has 1 aliphatic heterocycles. The summed E-state index contributed by atoms with van der Waals surface area (Å²) in [6.07, 6.45) is 3.21. The fourth-order valence-corrected chi connectivity index (χ4v) is 2.49. The van der Waals surface area contributed by atoms with Crippen molar-refractivity contribution in [2.45, 2.75) is 0 Å². The van der Waals surface area contributed by atoms with Crippen molar-refractivity contribution in [2.75, 3.05) is 23.8 Å². The van der Waals surface area contributed by atoms with Crippen LogP contribution in [-0.2, 0) is 0 Å². The third-order valence-corrected chi connectivity index (χ3v) is 3.61. The minimum atomic E-state index is -0.393. The van der Waals surface area contributed by atoms with E-state index in [1.807, 2.05) is 18.2 Å². The third kappa shape index (κ3) is 3.23. The molecule has 0 saturated heterocycles. The zero-order valence-electron chi connectivity index (χ0n) is 13.2. The van der Waals surface area contributed by atoms with Gasteiger partial charge in [-0.1, -0.05) is 6.07 Å². The molecule has 126 valence electrons. The summed E-state index contributed by atoms with van der Waals surface area (Å²) in [6, 6.07) is 10.4. The largest absolute Gasteiger partial charge is 0.486 e. The van der Waals surface area contributed by atoms with Crippen molar-refractivity contribution in [3.63, 3.8) is 0 Å². The van der Waals surface area contributed by atoms with E-state index in [0.29, 0.717) is 47.5 Å². The number of anilines is 2. The van der Waals surface area contributed by atoms with E-state index in [9.17, 15) is 4.79 Å². The molecule has 0 unspecified atom stereocenters. The number of hydrogen-bond acceptors (Lipinski definition) is 5. The lowest BCUT2D eigenvalue weighted by atomic mass is 10.2. The number of ether oxygens (including phenoxy) is 2. The topological polar surface area (TPSA) is 101 Å². The molecule has 0 bridgehead atoms. The monoisotopic (exact) mass is 337 g/mol. The number of nitrogens with one attached hydrogen (secondary N) is 3. The SMILES string of the molecule is O=C(Nc1ccc2c(c1)OCCO2)Nc1cn[nH]c1-c1ccccn1. The highest BCUT2D eigenvalue weighted by atomic mass is 16.6. The number of aromatic nitrogens is 3. The number of carbonyl (C=O) groups is 1. The van der Waals surface area contributed by atoms with E-state index in [4.69, 9.17) is 9.47 Å². The van der Waals surface area contributed by atoms with Crippen LogP contribution in [0.25, 0.3) is 11.4 Å². The fourth-order valence-electron chi connectivity index (χ4n) is 2.49. The number of amides is 2. The standard InChI is InChI=1S/C17H15N5O3/c23-17(20-11-4-5-14-15(9-11)25-8-7-24-14)21-13-10-19-22-16(13)12-3-1-2-6-18-12/h1-6,9-10H,7-8H2,(H,19,22)(H2,20,21,23). The van der Waals surface area contributed by atoms with Crippen molar-refractivity contribution in [3.05, 3.63) is 48.8 Å². The summed E-state index contributed by atoms with van der Waals surface area (Å²) in [6.45, 7) is 1.02. The van der Waals surface area contributed by atoms with Crippen LogP contribution in [-0.4, -0.2) is 34.4 Å². The summed E-state index contributed by atoms with van der Waals surface area (Å²) in [5.74, 6) is 1.28. The van der Waals surface area contributed by atoms with Gasteiger partial charge in [-0.2, -0.15) is 5.10 Å². The molecule has 2 amide bonds. The normalized spacial score (nSPS) is 12.5. The van der Waals surface area contributed by atoms with Gasteiger partial charge in [0.1, 0.15) is 18.9 Å². The maximum atomic E-state index is 12.3. The summed E-state index contributed by atoms with van der Waals surface area (Å²) >= 11 is 0. The first kappa shape index (κ1) is 15.0. The number of H-pyrrole nitrogens is 1. The molecule has 1 aliphatic rings. The van der Waals surface area contributed by atoms with Crippen LogP contribution in [0.4, 0.5) is 16.2 Å². The Kier molecular flexibility index (Phi) is 3.91. The molecule has 4 rings (SSSR count). The van der Waals surface area contributed by atoms with E-state index in [-0.39, 0.29) is 0 Å². The highest BCUT2D eigenvalue weighted by molar-refractivity contribution is 6.01. The van der Waals surface area contributed by atoms with Gasteiger partial charge in [0, 0.05) is 18.0 Å². The summed E-state index contributed by atoms with van der Waals surface area (Å²) in [7, 11) is 0. The van der Waals surface area contributed by atoms with E-state index in [2.05, 4.69) is 25.8 Å². The first-order valence-electron chi connectivity index (χ1n) is 7.72. The maximum Gasteiger partial charge on any atom is 0.323 e. The van der Waals surface area contributed by atoms with Crippen molar-refractivity contribution < 1.29 is 14.3 Å². The van der Waals surface area contributed by atoms with E-state index in [1.54, 1.807) is 24.4 Å². The van der Waals surface area contributed by atoms with Crippen LogP contribution in [0.5, 0.6) is 11.5 Å². The van der Waals surface area contributed by atoms with E-state index < -0.39 is 6.03 Å². The average Bonchev–Trinajstić information content (AvgIpc) is 3.10. The Morgan fingerprint density at radius 1 is 1.08 bits per heavy atom. The molecule has 0 fully saturated rings. The Balaban J connectivity index is 1.48. The second-order valence-electron chi connectivity index (χ2n) is 5.31. The molecule has 1 aromatic carbocycles. The Morgan fingerprint density at radius 2 is 1.96 bits per heavy atom. The van der Waals surface area contributed by atoms with Crippen molar-refractivity contribution in [2.24, 2.45) is 0 Å². The molecule has 3 heterocycles. The van der Waals surface area contributed by atoms with Gasteiger partial charge >= 0.3 is 6.03 Å². The minimum Gasteiger partial charge on any atom is -0.486 e. The summed E-state index contributed by atoms with van der Waals surface area (Å²) in [4.78, 5) is 16.5. The molecule has 25 heavy (non-hydrogen) atoms. The van der Waals surface area contributed by atoms with Crippen LogP contribution >= 0.6 is 0 Å². The molecule has 0 atom stereocenters. The zero-order chi connectivity index (χ0) is 17.1. The second kappa shape index (κ2) is 6.52. The molecule has 3 N–H and O–H groups in total. The molecule has 0 radical (unpaired) electrons. The van der Waals surface area contributed by atoms with Crippen molar-refractivity contribution in [1.82, 2.24) is 15.2 Å². The molecule has 0 spiro atoms. The van der Waals surface area contributed by atoms with Gasteiger partial charge in [-0.25, -0.2) is 4.79 Å². The van der Waals surface area contributed by atoms with Crippen LogP contribution in [0, 0.1) is 0 Å². The Hall–Kier alpha value is -3.55. The van der Waals surface area contributed by atoms with Gasteiger partial charge in [-0.3, -0.25) is 10.1 Å². The van der Waals surface area contributed by atoms with Crippen LogP contribution < -0.4 is 20.1 Å². The summed E-state index contributed by atoms with van der Waals surface area (Å²) in [5.41, 5.74) is 2.46. The van der Waals surface area contributed by atoms with Gasteiger partial charge in [0.15, 0.2) is 11.5 Å². The Labute approximate surface area is 143 Å². The lowest BCUT2D eigenvalue weighted by Gasteiger charge is -2.19. The number of benzene rings is 1. The summed E-state index contributed by atoms with van der Waals surface area (Å²) in [5, 5.41) is 12.3. The number of hydrogen-bond donors (Lipinski definition) is 3. The number of aromatic amines is 1. The number of urea groups is 1. The van der Waals surface area contributed by atoms with Crippen LogP contribution in [0.2, 0.25) is 0 Å². The van der Waals surface area contributed by atoms with Gasteiger partial charge < -0.3 is 20.1 Å². The van der Waals surface area contributed by atoms with Gasteiger partial charge in [0.05, 0.1) is 17.6 Å². The predicted octanol–water partition coefficient (Wildman–Crippen LogP) is 2.89. The van der Waals surface area contributed by atoms with E-state index >= 15 is 0 Å². The van der Waals surface area contributed by atoms with Crippen LogP contribution in [0.1, 0.15) is 0 Å². The molecule has 3 aromatic rings. The number of fused-ring (bicyclic) bond motifs is 1. The van der Waals surface area contributed by atoms with Gasteiger partial charge in [0.25, 0.3) is 0 Å². The highest BCUT2D eigenvalue weighted by Crippen LogP contribution is 2.32. The van der Waals surface area contributed by atoms with E-state index in [0.717, 1.165) is 0 Å². The maximum absolute atomic E-state index is 12.3. The smallest absolute Gasteiger partial charge is 0.323 e. The molecule has 2 aromatic heterocycles. The molecular formula is C17H15N5O3. The molecule has 8 nitrogen and oxygen atoms in total. The van der Waals surface area contributed by atoms with Crippen molar-refractivity contribution >= 4 is 17.4 Å². The highest BCUT2D eigenvalue weighted by Gasteiger charge is 2.14. The Morgan fingerprint density at radius 3 is 2.80 bits per heavy atom. The number of nitrogens with zero attached hydrogens (tertiary/aromatic N) is 2. The predicted molar refractivity (Wildman–Crippen MR) is 91.9 cm³/mol. The minimum absolute atomic E-state index is 0.393. The Bertz CT molecular complexity index is 894. The van der Waals surface area contributed by atoms with Crippen LogP contribution in [0.15, 0.2) is 48.8 Å². The summed E-state index contributed by atoms with van der Waals surface area (Å²) < 4.78 is 11.0. The first-order chi connectivity index (χ1) is 12.3. The fraction of sp³-hybridized carbons (Fsp3) is 0.118. The van der Waals surface area contributed by atoms with E-state index in [1.165, 1.54) is 6.20 Å². The lowest BCUT2D eigenvalue weighted by Crippen LogP contribution is -2.20. The number of pyridine rings is 1. The number of carbonyl (C=O) groups excluding carboxylic acids is 1. The molecule has 0 aliphatic carbocycles. The second-order valence-corrected chi connectivity index (χ2v) is 5.31. The molecule has 8 heteroatoms. The quantitative estimate of drug-likeness (QED) is 0.682. The van der Waals surface area contributed by atoms with Crippen LogP contribution in [0.3, 0.4) is 0 Å². The van der Waals surface area contributed by atoms with Gasteiger partial charge in [-0.05, 0) is 24.3 Å². The zero-order valence-corrected chi connectivity index (χ0v) is 13.2. The third-order valence-electron chi connectivity index (χ3n) is 3.61. The molecular weight excluding hydrogens is 322 g/mol. The molecule has 0 saturated carbocycles. The van der Waals surface area contributed by atoms with Crippen molar-refractivity contribution in [3.8, 4) is 22.9 Å². The van der Waals surface area contributed by atoms with Gasteiger partial charge in [0.2, 0.25) is 0 Å². The van der Waals surface area contributed by atoms with Gasteiger partial charge in [-0.15, -0.1) is 0 Å².